The van der Waals surface area contributed by atoms with Crippen LogP contribution in [-0.4, -0.2) is 28.8 Å². The van der Waals surface area contributed by atoms with Crippen LogP contribution in [-0.2, 0) is 4.65 Å². The van der Waals surface area contributed by atoms with Gasteiger partial charge in [-0.1, -0.05) is 0 Å². The van der Waals surface area contributed by atoms with Gasteiger partial charge in [-0.2, -0.15) is 0 Å². The first-order valence-electron chi connectivity index (χ1n) is 4.45. The fraction of sp³-hybridized carbons (Fsp3) is 0.667. The summed E-state index contributed by atoms with van der Waals surface area (Å²) in [6, 6.07) is 0. The van der Waals surface area contributed by atoms with Crippen molar-refractivity contribution >= 4 is 23.6 Å². The van der Waals surface area contributed by atoms with Crippen molar-refractivity contribution in [3.63, 3.8) is 0 Å². The molecule has 0 saturated carbocycles. The summed E-state index contributed by atoms with van der Waals surface area (Å²) in [5.41, 5.74) is 0.247. The van der Waals surface area contributed by atoms with E-state index < -0.39 is 11.2 Å². The maximum Gasteiger partial charge on any atom is 0.343 e. The lowest BCUT2D eigenvalue weighted by atomic mass is 9.86. The molecule has 1 aromatic rings. The minimum absolute atomic E-state index is 0.614. The highest BCUT2D eigenvalue weighted by Gasteiger charge is 2.35. The molecule has 0 aliphatic rings. The van der Waals surface area contributed by atoms with Gasteiger partial charge in [0.1, 0.15) is 0 Å². The van der Waals surface area contributed by atoms with Crippen LogP contribution in [0.2, 0.25) is 0 Å². The predicted molar refractivity (Wildman–Crippen MR) is 59.0 cm³/mol. The third-order valence-corrected chi connectivity index (χ3v) is 3.10. The minimum atomic E-state index is -0.881. The molecule has 0 amide bonds. The molecule has 0 unspecified atom stereocenters. The molecule has 1 aromatic heterocycles. The predicted octanol–water partition coefficient (Wildman–Crippen LogP) is 0.954. The highest BCUT2D eigenvalue weighted by molar-refractivity contribution is 7.19. The van der Waals surface area contributed by atoms with Crippen LogP contribution in [0.5, 0.6) is 0 Å². The normalized spacial score (nSPS) is 12.9. The monoisotopic (exact) mass is 212 g/mol. The number of thiazole rings is 1. The van der Waals surface area contributed by atoms with Gasteiger partial charge < -0.3 is 9.76 Å². The van der Waals surface area contributed by atoms with Gasteiger partial charge in [-0.25, -0.2) is 0 Å². The van der Waals surface area contributed by atoms with E-state index in [0.717, 1.165) is 4.78 Å². The molecule has 0 atom stereocenters. The minimum Gasteiger partial charge on any atom is -0.426 e. The lowest BCUT2D eigenvalue weighted by Gasteiger charge is -2.37. The molecule has 1 N–H and O–H groups in total. The maximum atomic E-state index is 9.82. The van der Waals surface area contributed by atoms with E-state index >= 15 is 0 Å². The summed E-state index contributed by atoms with van der Waals surface area (Å²) in [4.78, 5) is 3.93. The molecular formula is C9H15BNO2S. The molecule has 77 valence electrons. The van der Waals surface area contributed by atoms with Crippen molar-refractivity contribution in [3.05, 3.63) is 11.7 Å². The Labute approximate surface area is 89.4 Å². The molecular weight excluding hydrogens is 197 g/mol. The van der Waals surface area contributed by atoms with Gasteiger partial charge in [0.2, 0.25) is 0 Å². The fourth-order valence-corrected chi connectivity index (χ4v) is 1.10. The highest BCUT2D eigenvalue weighted by atomic mass is 32.1. The Kier molecular flexibility index (Phi) is 3.34. The average Bonchev–Trinajstić information content (AvgIpc) is 2.50. The second kappa shape index (κ2) is 4.00. The fourth-order valence-electron chi connectivity index (χ4n) is 0.633. The number of rotatable bonds is 4. The van der Waals surface area contributed by atoms with E-state index in [1.165, 1.54) is 11.3 Å². The number of nitrogens with zero attached hydrogens (tertiary/aromatic N) is 1. The molecule has 1 radical (unpaired) electrons. The third kappa shape index (κ3) is 2.80. The van der Waals surface area contributed by atoms with Gasteiger partial charge in [-0.3, -0.25) is 4.98 Å². The van der Waals surface area contributed by atoms with Crippen molar-refractivity contribution in [2.24, 2.45) is 0 Å². The van der Waals surface area contributed by atoms with E-state index in [0.29, 0.717) is 0 Å². The van der Waals surface area contributed by atoms with Crippen molar-refractivity contribution in [2.75, 3.05) is 0 Å². The molecule has 0 saturated heterocycles. The van der Waals surface area contributed by atoms with Crippen molar-refractivity contribution < 1.29 is 9.76 Å². The molecule has 1 heterocycles. The Morgan fingerprint density at radius 2 is 2.07 bits per heavy atom. The van der Waals surface area contributed by atoms with Crippen LogP contribution in [0, 0.1) is 0 Å². The summed E-state index contributed by atoms with van der Waals surface area (Å²) in [6.45, 7) is 7.16. The molecule has 0 spiro atoms. The lowest BCUT2D eigenvalue weighted by molar-refractivity contribution is -0.0892. The summed E-state index contributed by atoms with van der Waals surface area (Å²) < 4.78 is 6.48. The number of hydrogen-bond donors (Lipinski definition) is 1. The van der Waals surface area contributed by atoms with Crippen molar-refractivity contribution in [2.45, 2.75) is 38.9 Å². The lowest BCUT2D eigenvalue weighted by Crippen LogP contribution is -2.49. The van der Waals surface area contributed by atoms with E-state index in [9.17, 15) is 5.11 Å². The standard InChI is InChI=1S/C9H15BNO2S/c1-8(2,12)9(3,4)13-10-7-5-11-6-14-7/h5-6,12H,1-4H3. The Morgan fingerprint density at radius 3 is 2.50 bits per heavy atom. The Balaban J connectivity index is 2.53. The van der Waals surface area contributed by atoms with Crippen molar-refractivity contribution in [1.29, 1.82) is 0 Å². The summed E-state index contributed by atoms with van der Waals surface area (Å²) in [5, 5.41) is 9.82. The first-order chi connectivity index (χ1) is 6.33. The van der Waals surface area contributed by atoms with Crippen molar-refractivity contribution in [1.82, 2.24) is 4.98 Å². The van der Waals surface area contributed by atoms with Crippen LogP contribution >= 0.6 is 11.3 Å². The van der Waals surface area contributed by atoms with Crippen LogP contribution in [0.25, 0.3) is 0 Å². The summed E-state index contributed by atoms with van der Waals surface area (Å²) in [6.07, 6.45) is 1.73. The molecule has 3 nitrogen and oxygen atoms in total. The molecule has 0 bridgehead atoms. The summed E-state index contributed by atoms with van der Waals surface area (Å²) in [5.74, 6) is 0. The topological polar surface area (TPSA) is 42.4 Å². The van der Waals surface area contributed by atoms with Crippen LogP contribution in [0.3, 0.4) is 0 Å². The zero-order valence-electron chi connectivity index (χ0n) is 8.94. The molecule has 0 aliphatic carbocycles. The molecule has 0 aromatic carbocycles. The second-order valence-electron chi connectivity index (χ2n) is 4.21. The number of aromatic nitrogens is 1. The Hall–Kier alpha value is -0.385. The molecule has 0 aliphatic heterocycles. The van der Waals surface area contributed by atoms with Gasteiger partial charge in [0, 0.05) is 11.0 Å². The molecule has 14 heavy (non-hydrogen) atoms. The van der Waals surface area contributed by atoms with Crippen LogP contribution in [0.4, 0.5) is 0 Å². The smallest absolute Gasteiger partial charge is 0.343 e. The number of aliphatic hydroxyl groups is 1. The average molecular weight is 212 g/mol. The van der Waals surface area contributed by atoms with Gasteiger partial charge in [0.15, 0.2) is 0 Å². The largest absolute Gasteiger partial charge is 0.426 e. The van der Waals surface area contributed by atoms with E-state index in [1.54, 1.807) is 33.0 Å². The van der Waals surface area contributed by atoms with Gasteiger partial charge in [0.05, 0.1) is 16.7 Å². The zero-order valence-corrected chi connectivity index (χ0v) is 9.76. The van der Waals surface area contributed by atoms with E-state index in [-0.39, 0.29) is 0 Å². The van der Waals surface area contributed by atoms with E-state index in [4.69, 9.17) is 4.65 Å². The van der Waals surface area contributed by atoms with Gasteiger partial charge in [-0.15, -0.1) is 11.3 Å². The highest BCUT2D eigenvalue weighted by Crippen LogP contribution is 2.24. The van der Waals surface area contributed by atoms with Crippen LogP contribution < -0.4 is 4.78 Å². The summed E-state index contributed by atoms with van der Waals surface area (Å²) in [7, 11) is 1.63. The summed E-state index contributed by atoms with van der Waals surface area (Å²) >= 11 is 1.50. The Morgan fingerprint density at radius 1 is 1.43 bits per heavy atom. The quantitative estimate of drug-likeness (QED) is 0.755. The molecule has 5 heteroatoms. The van der Waals surface area contributed by atoms with Gasteiger partial charge in [0.25, 0.3) is 0 Å². The van der Waals surface area contributed by atoms with Gasteiger partial charge in [-0.05, 0) is 27.7 Å². The van der Waals surface area contributed by atoms with E-state index in [1.807, 2.05) is 13.8 Å². The van der Waals surface area contributed by atoms with Crippen LogP contribution in [0.15, 0.2) is 11.7 Å². The van der Waals surface area contributed by atoms with Gasteiger partial charge >= 0.3 is 7.48 Å². The zero-order chi connectivity index (χ0) is 10.8. The molecule has 0 fully saturated rings. The van der Waals surface area contributed by atoms with Crippen molar-refractivity contribution in [3.8, 4) is 0 Å². The first kappa shape index (κ1) is 11.7. The first-order valence-corrected chi connectivity index (χ1v) is 5.33. The third-order valence-electron chi connectivity index (χ3n) is 2.39. The van der Waals surface area contributed by atoms with E-state index in [2.05, 4.69) is 4.98 Å². The second-order valence-corrected chi connectivity index (χ2v) is 5.13. The van der Waals surface area contributed by atoms with Crippen LogP contribution in [0.1, 0.15) is 27.7 Å². The molecule has 1 rings (SSSR count). The maximum absolute atomic E-state index is 9.82. The SMILES string of the molecule is CC(C)(O)C(C)(C)O[B]c1cncs1. The Bertz CT molecular complexity index is 280. The number of hydrogen-bond acceptors (Lipinski definition) is 4.